The average Bonchev–Trinajstić information content (AvgIpc) is 3.27. The Bertz CT molecular complexity index is 301. The van der Waals surface area contributed by atoms with E-state index in [0.717, 1.165) is 18.3 Å². The van der Waals surface area contributed by atoms with Crippen LogP contribution in [0.3, 0.4) is 0 Å². The van der Waals surface area contributed by atoms with Gasteiger partial charge in [-0.15, -0.1) is 0 Å². The van der Waals surface area contributed by atoms with Gasteiger partial charge in [-0.05, 0) is 31.1 Å². The van der Waals surface area contributed by atoms with Crippen molar-refractivity contribution in [3.8, 4) is 0 Å². The Morgan fingerprint density at radius 1 is 0.792 bits per heavy atom. The minimum absolute atomic E-state index is 0. The van der Waals surface area contributed by atoms with E-state index in [1.165, 1.54) is 19.3 Å². The third-order valence-corrected chi connectivity index (χ3v) is 2.99. The first kappa shape index (κ1) is 30.8. The molecule has 144 valence electrons. The molecule has 0 atom stereocenters. The molecule has 0 aliphatic heterocycles. The summed E-state index contributed by atoms with van der Waals surface area (Å²) in [5, 5.41) is 0. The van der Waals surface area contributed by atoms with E-state index in [9.17, 15) is 0 Å². The highest BCUT2D eigenvalue weighted by molar-refractivity contribution is 5.22. The molecule has 0 spiro atoms. The molecule has 0 saturated heterocycles. The molecule has 0 heteroatoms. The van der Waals surface area contributed by atoms with E-state index in [0.29, 0.717) is 0 Å². The van der Waals surface area contributed by atoms with E-state index in [2.05, 4.69) is 77.2 Å². The van der Waals surface area contributed by atoms with Gasteiger partial charge in [0.2, 0.25) is 0 Å². The lowest BCUT2D eigenvalue weighted by Crippen LogP contribution is -1.88. The molecule has 2 rings (SSSR count). The fourth-order valence-corrected chi connectivity index (χ4v) is 1.56. The van der Waals surface area contributed by atoms with Crippen LogP contribution >= 0.6 is 0 Å². The molecule has 24 heavy (non-hydrogen) atoms. The average molecular weight is 337 g/mol. The van der Waals surface area contributed by atoms with Gasteiger partial charge in [-0.25, -0.2) is 0 Å². The zero-order valence-corrected chi connectivity index (χ0v) is 17.5. The summed E-state index contributed by atoms with van der Waals surface area (Å²) in [5.74, 6) is 1.70. The van der Waals surface area contributed by atoms with Crippen molar-refractivity contribution >= 4 is 0 Å². The first-order valence-corrected chi connectivity index (χ1v) is 9.72. The van der Waals surface area contributed by atoms with Gasteiger partial charge in [-0.2, -0.15) is 0 Å². The van der Waals surface area contributed by atoms with Crippen LogP contribution < -0.4 is 0 Å². The number of rotatable bonds is 3. The summed E-state index contributed by atoms with van der Waals surface area (Å²) in [6.07, 6.45) is 19.9. The van der Waals surface area contributed by atoms with Crippen LogP contribution in [0.2, 0.25) is 0 Å². The molecule has 0 fully saturated rings. The van der Waals surface area contributed by atoms with Crippen LogP contribution in [0.5, 0.6) is 0 Å². The van der Waals surface area contributed by atoms with Gasteiger partial charge in [0, 0.05) is 0 Å². The highest BCUT2D eigenvalue weighted by atomic mass is 14.1. The van der Waals surface area contributed by atoms with Gasteiger partial charge in [0.15, 0.2) is 0 Å². The van der Waals surface area contributed by atoms with Crippen molar-refractivity contribution in [3.05, 3.63) is 48.1 Å². The van der Waals surface area contributed by atoms with Crippen LogP contribution in [0.25, 0.3) is 0 Å². The second kappa shape index (κ2) is 26.8. The molecule has 0 aromatic heterocycles. The third-order valence-electron chi connectivity index (χ3n) is 2.99. The van der Waals surface area contributed by atoms with Crippen molar-refractivity contribution in [2.75, 3.05) is 0 Å². The topological polar surface area (TPSA) is 0 Å². The quantitative estimate of drug-likeness (QED) is 0.482. The zero-order valence-electron chi connectivity index (χ0n) is 17.5. The normalized spacial score (nSPS) is 12.5. The fraction of sp³-hybridized carbons (Fsp3) is 0.667. The predicted molar refractivity (Wildman–Crippen MR) is 119 cm³/mol. The molecule has 0 heterocycles. The van der Waals surface area contributed by atoms with E-state index in [1.807, 2.05) is 27.7 Å². The number of allylic oxidation sites excluding steroid dienone is 8. The zero-order chi connectivity index (χ0) is 18.5. The van der Waals surface area contributed by atoms with Crippen molar-refractivity contribution in [1.82, 2.24) is 0 Å². The summed E-state index contributed by atoms with van der Waals surface area (Å²) in [5.41, 5.74) is 1.59. The molecule has 0 N–H and O–H groups in total. The van der Waals surface area contributed by atoms with E-state index in [4.69, 9.17) is 0 Å². The maximum atomic E-state index is 2.26. The van der Waals surface area contributed by atoms with E-state index in [1.54, 1.807) is 5.57 Å². The maximum absolute atomic E-state index is 2.26. The lowest BCUT2D eigenvalue weighted by Gasteiger charge is -2.03. The van der Waals surface area contributed by atoms with Crippen LogP contribution in [-0.4, -0.2) is 0 Å². The van der Waals surface area contributed by atoms with Gasteiger partial charge < -0.3 is 0 Å². The highest BCUT2D eigenvalue weighted by Gasteiger charge is 2.00. The largest absolute Gasteiger partial charge is 0.0808 e. The Balaban J connectivity index is -0.000000116. The Kier molecular flexibility index (Phi) is 34.4. The molecule has 0 saturated carbocycles. The van der Waals surface area contributed by atoms with Crippen molar-refractivity contribution in [1.29, 1.82) is 0 Å². The minimum Gasteiger partial charge on any atom is -0.0808 e. The summed E-state index contributed by atoms with van der Waals surface area (Å²) in [6.45, 7) is 19.2. The van der Waals surface area contributed by atoms with Crippen LogP contribution in [0, 0.1) is 11.8 Å². The second-order valence-electron chi connectivity index (χ2n) is 5.95. The molecule has 0 bridgehead atoms. The summed E-state index contributed by atoms with van der Waals surface area (Å²) in [7, 11) is 0. The van der Waals surface area contributed by atoms with Crippen LogP contribution in [0.4, 0.5) is 0 Å². The van der Waals surface area contributed by atoms with Crippen LogP contribution in [-0.2, 0) is 0 Å². The minimum atomic E-state index is 0. The first-order chi connectivity index (χ1) is 11.1. The molecule has 2 aliphatic rings. The molecule has 0 radical (unpaired) electrons. The van der Waals surface area contributed by atoms with Gasteiger partial charge in [-0.3, -0.25) is 0 Å². The SMILES string of the molecule is C.C1=CCC=C1.CC.CC.CC(C)CC1=CC=CC1.CCC(C)C. The Labute approximate surface area is 155 Å². The molecule has 0 amide bonds. The van der Waals surface area contributed by atoms with Crippen molar-refractivity contribution < 1.29 is 0 Å². The Morgan fingerprint density at radius 3 is 1.46 bits per heavy atom. The Hall–Kier alpha value is -1.04. The summed E-state index contributed by atoms with van der Waals surface area (Å²) in [4.78, 5) is 0. The van der Waals surface area contributed by atoms with Crippen molar-refractivity contribution in [2.24, 2.45) is 11.8 Å². The van der Waals surface area contributed by atoms with Gasteiger partial charge in [-0.1, -0.05) is 124 Å². The summed E-state index contributed by atoms with van der Waals surface area (Å²) in [6, 6.07) is 0. The van der Waals surface area contributed by atoms with Gasteiger partial charge in [0.25, 0.3) is 0 Å². The van der Waals surface area contributed by atoms with E-state index >= 15 is 0 Å². The van der Waals surface area contributed by atoms with Crippen molar-refractivity contribution in [3.63, 3.8) is 0 Å². The lowest BCUT2D eigenvalue weighted by molar-refractivity contribution is 0.626. The third kappa shape index (κ3) is 29.0. The summed E-state index contributed by atoms with van der Waals surface area (Å²) >= 11 is 0. The molecule has 0 aromatic carbocycles. The monoisotopic (exact) mass is 336 g/mol. The second-order valence-corrected chi connectivity index (χ2v) is 5.95. The van der Waals surface area contributed by atoms with Gasteiger partial charge in [0.1, 0.15) is 0 Å². The lowest BCUT2D eigenvalue weighted by atomic mass is 10.0. The van der Waals surface area contributed by atoms with Gasteiger partial charge in [0.05, 0.1) is 0 Å². The standard InChI is InChI=1S/C9H14.C5H6.C5H12.2C2H6.CH4/c1-8(2)7-9-5-3-4-6-9;1-2-4-5-3-1;1-4-5(2)3;2*1-2;/h3-5,8H,6-7H2,1-2H3;1-4H,5H2;5H,4H2,1-3H3;2*1-2H3;1H4. The first-order valence-electron chi connectivity index (χ1n) is 9.72. The number of hydrogen-bond donors (Lipinski definition) is 0. The van der Waals surface area contributed by atoms with E-state index < -0.39 is 0 Å². The molecular weight excluding hydrogens is 288 g/mol. The molecular formula is C24H48. The van der Waals surface area contributed by atoms with Crippen LogP contribution in [0.1, 0.15) is 95.4 Å². The van der Waals surface area contributed by atoms with Crippen molar-refractivity contribution in [2.45, 2.75) is 95.4 Å². The molecule has 2 aliphatic carbocycles. The number of hydrogen-bond acceptors (Lipinski definition) is 0. The molecule has 0 aromatic rings. The van der Waals surface area contributed by atoms with Crippen LogP contribution in [0.15, 0.2) is 48.1 Å². The predicted octanol–water partition coefficient (Wildman–Crippen LogP) is 9.16. The smallest absolute Gasteiger partial charge is 0.0132 e. The fourth-order valence-electron chi connectivity index (χ4n) is 1.56. The maximum Gasteiger partial charge on any atom is -0.0132 e. The van der Waals surface area contributed by atoms with Gasteiger partial charge >= 0.3 is 0 Å². The van der Waals surface area contributed by atoms with E-state index in [-0.39, 0.29) is 7.43 Å². The highest BCUT2D eigenvalue weighted by Crippen LogP contribution is 2.18. The Morgan fingerprint density at radius 2 is 1.25 bits per heavy atom. The molecule has 0 nitrogen and oxygen atoms in total. The molecule has 0 unspecified atom stereocenters. The summed E-state index contributed by atoms with van der Waals surface area (Å²) < 4.78 is 0.